The highest BCUT2D eigenvalue weighted by molar-refractivity contribution is 6.33. The van der Waals surface area contributed by atoms with E-state index in [-0.39, 0.29) is 23.6 Å². The fourth-order valence-corrected chi connectivity index (χ4v) is 2.47. The molecule has 1 aromatic carbocycles. The van der Waals surface area contributed by atoms with E-state index in [2.05, 4.69) is 0 Å². The number of rotatable bonds is 4. The first-order valence-electron chi connectivity index (χ1n) is 6.69. The fourth-order valence-electron chi connectivity index (χ4n) is 2.28. The predicted molar refractivity (Wildman–Crippen MR) is 77.7 cm³/mol. The Bertz CT molecular complexity index is 542. The van der Waals surface area contributed by atoms with Crippen LogP contribution in [0.1, 0.15) is 16.8 Å². The smallest absolute Gasteiger partial charge is 0.304 e. The fraction of sp³-hybridized carbons (Fsp3) is 0.429. The topological polar surface area (TPSA) is 81.1 Å². The van der Waals surface area contributed by atoms with E-state index in [4.69, 9.17) is 16.7 Å². The van der Waals surface area contributed by atoms with E-state index < -0.39 is 5.97 Å². The molecule has 1 heterocycles. The highest BCUT2D eigenvalue weighted by Gasteiger charge is 2.24. The van der Waals surface area contributed by atoms with Crippen molar-refractivity contribution in [3.8, 4) is 5.75 Å². The average molecular weight is 313 g/mol. The van der Waals surface area contributed by atoms with E-state index in [1.807, 2.05) is 4.90 Å². The first-order chi connectivity index (χ1) is 9.97. The molecule has 0 bridgehead atoms. The molecule has 2 N–H and O–H groups in total. The molecule has 1 saturated heterocycles. The van der Waals surface area contributed by atoms with Crippen molar-refractivity contribution in [3.05, 3.63) is 28.8 Å². The third-order valence-corrected chi connectivity index (χ3v) is 3.81. The van der Waals surface area contributed by atoms with Gasteiger partial charge >= 0.3 is 5.97 Å². The number of aromatic hydroxyl groups is 1. The molecule has 7 heteroatoms. The van der Waals surface area contributed by atoms with Crippen molar-refractivity contribution in [1.29, 1.82) is 0 Å². The quantitative estimate of drug-likeness (QED) is 0.875. The van der Waals surface area contributed by atoms with Gasteiger partial charge in [-0.1, -0.05) is 11.6 Å². The van der Waals surface area contributed by atoms with Gasteiger partial charge in [0.25, 0.3) is 5.91 Å². The number of carboxylic acid groups (broad SMARTS) is 1. The molecule has 6 nitrogen and oxygen atoms in total. The van der Waals surface area contributed by atoms with Crippen LogP contribution >= 0.6 is 11.6 Å². The van der Waals surface area contributed by atoms with Gasteiger partial charge in [0.05, 0.1) is 17.0 Å². The lowest BCUT2D eigenvalue weighted by molar-refractivity contribution is -0.137. The van der Waals surface area contributed by atoms with Crippen LogP contribution in [0.25, 0.3) is 0 Å². The molecule has 2 rings (SSSR count). The number of hydrogen-bond donors (Lipinski definition) is 2. The zero-order chi connectivity index (χ0) is 15.4. The van der Waals surface area contributed by atoms with Gasteiger partial charge in [0, 0.05) is 32.7 Å². The van der Waals surface area contributed by atoms with Gasteiger partial charge < -0.3 is 15.1 Å². The van der Waals surface area contributed by atoms with Crippen LogP contribution in [0.3, 0.4) is 0 Å². The SMILES string of the molecule is O=C(O)CCN1CCN(C(=O)c2cc(O)ccc2Cl)CC1. The van der Waals surface area contributed by atoms with Crippen LogP contribution in [0.4, 0.5) is 0 Å². The van der Waals surface area contributed by atoms with E-state index in [1.165, 1.54) is 18.2 Å². The van der Waals surface area contributed by atoms with Crippen LogP contribution in [0.2, 0.25) is 5.02 Å². The first-order valence-corrected chi connectivity index (χ1v) is 7.07. The van der Waals surface area contributed by atoms with Gasteiger partial charge in [-0.15, -0.1) is 0 Å². The van der Waals surface area contributed by atoms with Crippen molar-refractivity contribution in [1.82, 2.24) is 9.80 Å². The summed E-state index contributed by atoms with van der Waals surface area (Å²) in [4.78, 5) is 26.6. The zero-order valence-corrected chi connectivity index (χ0v) is 12.2. The molecule has 0 atom stereocenters. The van der Waals surface area contributed by atoms with Crippen molar-refractivity contribution in [2.75, 3.05) is 32.7 Å². The van der Waals surface area contributed by atoms with Gasteiger partial charge in [-0.2, -0.15) is 0 Å². The van der Waals surface area contributed by atoms with Crippen LogP contribution in [-0.4, -0.2) is 64.6 Å². The van der Waals surface area contributed by atoms with Gasteiger partial charge in [0.15, 0.2) is 0 Å². The molecule has 0 saturated carbocycles. The monoisotopic (exact) mass is 312 g/mol. The molecule has 0 radical (unpaired) electrons. The summed E-state index contributed by atoms with van der Waals surface area (Å²) in [7, 11) is 0. The lowest BCUT2D eigenvalue weighted by atomic mass is 10.1. The molecule has 1 aliphatic rings. The summed E-state index contributed by atoms with van der Waals surface area (Å²) in [6.45, 7) is 2.80. The van der Waals surface area contributed by atoms with Crippen molar-refractivity contribution < 1.29 is 19.8 Å². The molecule has 1 amide bonds. The summed E-state index contributed by atoms with van der Waals surface area (Å²) in [5.74, 6) is -1.03. The van der Waals surface area contributed by atoms with Crippen molar-refractivity contribution in [3.63, 3.8) is 0 Å². The molecular weight excluding hydrogens is 296 g/mol. The lowest BCUT2D eigenvalue weighted by Gasteiger charge is -2.34. The molecule has 0 aliphatic carbocycles. The Morgan fingerprint density at radius 3 is 2.48 bits per heavy atom. The Morgan fingerprint density at radius 1 is 1.19 bits per heavy atom. The van der Waals surface area contributed by atoms with Gasteiger partial charge in [0.2, 0.25) is 0 Å². The van der Waals surface area contributed by atoms with Crippen molar-refractivity contribution in [2.45, 2.75) is 6.42 Å². The minimum Gasteiger partial charge on any atom is -0.508 e. The zero-order valence-electron chi connectivity index (χ0n) is 11.5. The second kappa shape index (κ2) is 6.78. The van der Waals surface area contributed by atoms with Crippen molar-refractivity contribution >= 4 is 23.5 Å². The van der Waals surface area contributed by atoms with E-state index in [1.54, 1.807) is 4.90 Å². The molecule has 0 unspecified atom stereocenters. The highest BCUT2D eigenvalue weighted by Crippen LogP contribution is 2.23. The maximum absolute atomic E-state index is 12.4. The number of carboxylic acids is 1. The minimum atomic E-state index is -0.819. The second-order valence-electron chi connectivity index (χ2n) is 4.94. The Hall–Kier alpha value is -1.79. The number of nitrogens with zero attached hydrogens (tertiary/aromatic N) is 2. The average Bonchev–Trinajstić information content (AvgIpc) is 2.47. The minimum absolute atomic E-state index is 0.00263. The number of aliphatic carboxylic acids is 1. The summed E-state index contributed by atoms with van der Waals surface area (Å²) >= 11 is 5.99. The van der Waals surface area contributed by atoms with Gasteiger partial charge in [-0.3, -0.25) is 14.5 Å². The molecule has 1 aromatic rings. The van der Waals surface area contributed by atoms with Gasteiger partial charge in [-0.25, -0.2) is 0 Å². The number of piperazine rings is 1. The Morgan fingerprint density at radius 2 is 1.86 bits per heavy atom. The number of phenolic OH excluding ortho intramolecular Hbond substituents is 1. The van der Waals surface area contributed by atoms with Crippen LogP contribution in [0.5, 0.6) is 5.75 Å². The Labute approximate surface area is 127 Å². The van der Waals surface area contributed by atoms with Gasteiger partial charge in [-0.05, 0) is 18.2 Å². The van der Waals surface area contributed by atoms with Crippen LogP contribution in [-0.2, 0) is 4.79 Å². The van der Waals surface area contributed by atoms with Gasteiger partial charge in [0.1, 0.15) is 5.75 Å². The van der Waals surface area contributed by atoms with Crippen LogP contribution in [0, 0.1) is 0 Å². The predicted octanol–water partition coefficient (Wildman–Crippen LogP) is 1.28. The molecule has 0 spiro atoms. The number of carbonyl (C=O) groups is 2. The third-order valence-electron chi connectivity index (χ3n) is 3.48. The summed E-state index contributed by atoms with van der Waals surface area (Å²) in [6, 6.07) is 4.29. The molecular formula is C14H17ClN2O4. The molecule has 1 aliphatic heterocycles. The van der Waals surface area contributed by atoms with Crippen LogP contribution in [0.15, 0.2) is 18.2 Å². The molecule has 114 valence electrons. The third kappa shape index (κ3) is 4.09. The number of benzene rings is 1. The standard InChI is InChI=1S/C14H17ClN2O4/c15-12-2-1-10(18)9-11(12)14(21)17-7-5-16(6-8-17)4-3-13(19)20/h1-2,9,18H,3-8H2,(H,19,20). The maximum Gasteiger partial charge on any atom is 0.304 e. The first kappa shape index (κ1) is 15.6. The summed E-state index contributed by atoms with van der Waals surface area (Å²) in [6.07, 6.45) is 0.104. The largest absolute Gasteiger partial charge is 0.508 e. The number of phenols is 1. The summed E-state index contributed by atoms with van der Waals surface area (Å²) in [5, 5.41) is 18.4. The molecule has 1 fully saturated rings. The molecule has 0 aromatic heterocycles. The summed E-state index contributed by atoms with van der Waals surface area (Å²) in [5.41, 5.74) is 0.288. The van der Waals surface area contributed by atoms with E-state index >= 15 is 0 Å². The Balaban J connectivity index is 1.94. The molecule has 21 heavy (non-hydrogen) atoms. The summed E-state index contributed by atoms with van der Waals surface area (Å²) < 4.78 is 0. The van der Waals surface area contributed by atoms with E-state index in [0.29, 0.717) is 37.7 Å². The van der Waals surface area contributed by atoms with Crippen LogP contribution < -0.4 is 0 Å². The Kier molecular flexibility index (Phi) is 5.03. The van der Waals surface area contributed by atoms with Crippen molar-refractivity contribution in [2.24, 2.45) is 0 Å². The number of amides is 1. The normalized spacial score (nSPS) is 16.0. The number of halogens is 1. The number of hydrogen-bond acceptors (Lipinski definition) is 4. The highest BCUT2D eigenvalue weighted by atomic mass is 35.5. The van der Waals surface area contributed by atoms with E-state index in [9.17, 15) is 14.7 Å². The van der Waals surface area contributed by atoms with E-state index in [0.717, 1.165) is 0 Å². The lowest BCUT2D eigenvalue weighted by Crippen LogP contribution is -2.49. The second-order valence-corrected chi connectivity index (χ2v) is 5.35. The maximum atomic E-state index is 12.4. The number of carbonyl (C=O) groups excluding carboxylic acids is 1.